The van der Waals surface area contributed by atoms with Gasteiger partial charge in [-0.05, 0) is 43.7 Å². The van der Waals surface area contributed by atoms with Crippen LogP contribution in [0.4, 0.5) is 11.4 Å². The highest BCUT2D eigenvalue weighted by atomic mass is 16.2. The lowest BCUT2D eigenvalue weighted by atomic mass is 10.1. The Morgan fingerprint density at radius 1 is 1.53 bits per heavy atom. The van der Waals surface area contributed by atoms with Crippen molar-refractivity contribution in [3.8, 4) is 0 Å². The van der Waals surface area contributed by atoms with E-state index in [9.17, 15) is 4.79 Å². The van der Waals surface area contributed by atoms with Gasteiger partial charge in [0.05, 0.1) is 6.42 Å². The first kappa shape index (κ1) is 11.9. The SMILES string of the molecule is CNc1ccc2c(c1)CC(=O)N2C(C)CCN. The van der Waals surface area contributed by atoms with Crippen LogP contribution in [0, 0.1) is 0 Å². The van der Waals surface area contributed by atoms with E-state index in [2.05, 4.69) is 5.32 Å². The number of nitrogens with one attached hydrogen (secondary N) is 1. The van der Waals surface area contributed by atoms with Gasteiger partial charge in [0.1, 0.15) is 0 Å². The van der Waals surface area contributed by atoms with E-state index in [1.54, 1.807) is 0 Å². The number of carbonyl (C=O) groups is 1. The molecule has 1 aliphatic heterocycles. The van der Waals surface area contributed by atoms with E-state index in [1.165, 1.54) is 0 Å². The Hall–Kier alpha value is -1.55. The Labute approximate surface area is 102 Å². The summed E-state index contributed by atoms with van der Waals surface area (Å²) in [6.45, 7) is 2.65. The van der Waals surface area contributed by atoms with E-state index in [1.807, 2.05) is 37.1 Å². The Morgan fingerprint density at radius 2 is 2.29 bits per heavy atom. The van der Waals surface area contributed by atoms with Crippen molar-refractivity contribution < 1.29 is 4.79 Å². The second kappa shape index (κ2) is 4.75. The van der Waals surface area contributed by atoms with Crippen LogP contribution in [-0.2, 0) is 11.2 Å². The largest absolute Gasteiger partial charge is 0.388 e. The predicted octanol–water partition coefficient (Wildman–Crippen LogP) is 1.35. The molecule has 0 aromatic heterocycles. The van der Waals surface area contributed by atoms with Crippen LogP contribution in [0.1, 0.15) is 18.9 Å². The predicted molar refractivity (Wildman–Crippen MR) is 70.3 cm³/mol. The molecule has 1 atom stereocenters. The molecule has 0 saturated heterocycles. The third-order valence-electron chi connectivity index (χ3n) is 3.26. The van der Waals surface area contributed by atoms with Crippen molar-refractivity contribution in [3.05, 3.63) is 23.8 Å². The number of fused-ring (bicyclic) bond motifs is 1. The van der Waals surface area contributed by atoms with Crippen LogP contribution in [0.15, 0.2) is 18.2 Å². The summed E-state index contributed by atoms with van der Waals surface area (Å²) in [5.74, 6) is 0.175. The summed E-state index contributed by atoms with van der Waals surface area (Å²) in [5.41, 5.74) is 8.75. The highest BCUT2D eigenvalue weighted by Gasteiger charge is 2.30. The lowest BCUT2D eigenvalue weighted by Crippen LogP contribution is -2.37. The van der Waals surface area contributed by atoms with Crippen LogP contribution in [0.25, 0.3) is 0 Å². The third kappa shape index (κ3) is 2.13. The number of benzene rings is 1. The van der Waals surface area contributed by atoms with Gasteiger partial charge in [-0.25, -0.2) is 0 Å². The minimum absolute atomic E-state index is 0.175. The van der Waals surface area contributed by atoms with Gasteiger partial charge in [-0.3, -0.25) is 4.79 Å². The summed E-state index contributed by atoms with van der Waals surface area (Å²) in [6.07, 6.45) is 1.33. The molecular weight excluding hydrogens is 214 g/mol. The summed E-state index contributed by atoms with van der Waals surface area (Å²) in [6, 6.07) is 6.23. The summed E-state index contributed by atoms with van der Waals surface area (Å²) < 4.78 is 0. The number of carbonyl (C=O) groups excluding carboxylic acids is 1. The molecule has 0 radical (unpaired) electrons. The van der Waals surface area contributed by atoms with Gasteiger partial charge in [-0.2, -0.15) is 0 Å². The highest BCUT2D eigenvalue weighted by Crippen LogP contribution is 2.33. The van der Waals surface area contributed by atoms with Gasteiger partial charge in [0, 0.05) is 24.5 Å². The van der Waals surface area contributed by atoms with Gasteiger partial charge in [0.15, 0.2) is 0 Å². The quantitative estimate of drug-likeness (QED) is 0.825. The minimum Gasteiger partial charge on any atom is -0.388 e. The second-order valence-corrected chi connectivity index (χ2v) is 4.46. The fourth-order valence-electron chi connectivity index (χ4n) is 2.35. The Balaban J connectivity index is 2.31. The number of nitrogens with two attached hydrogens (primary N) is 1. The van der Waals surface area contributed by atoms with E-state index >= 15 is 0 Å². The van der Waals surface area contributed by atoms with Crippen LogP contribution < -0.4 is 16.0 Å². The van der Waals surface area contributed by atoms with E-state index in [0.717, 1.165) is 23.4 Å². The van der Waals surface area contributed by atoms with Gasteiger partial charge >= 0.3 is 0 Å². The van der Waals surface area contributed by atoms with Crippen LogP contribution in [0.2, 0.25) is 0 Å². The molecule has 0 aliphatic carbocycles. The first-order valence-electron chi connectivity index (χ1n) is 6.00. The van der Waals surface area contributed by atoms with Gasteiger partial charge in [0.25, 0.3) is 0 Å². The number of rotatable bonds is 4. The molecule has 4 heteroatoms. The van der Waals surface area contributed by atoms with Crippen LogP contribution in [0.5, 0.6) is 0 Å². The van der Waals surface area contributed by atoms with Gasteiger partial charge < -0.3 is 16.0 Å². The smallest absolute Gasteiger partial charge is 0.231 e. The van der Waals surface area contributed by atoms with E-state index in [0.29, 0.717) is 13.0 Å². The van der Waals surface area contributed by atoms with Gasteiger partial charge in [-0.15, -0.1) is 0 Å². The second-order valence-electron chi connectivity index (χ2n) is 4.46. The number of amides is 1. The van der Waals surface area contributed by atoms with Crippen molar-refractivity contribution in [2.24, 2.45) is 5.73 Å². The van der Waals surface area contributed by atoms with Crippen molar-refractivity contribution >= 4 is 17.3 Å². The average molecular weight is 233 g/mol. The maximum absolute atomic E-state index is 12.0. The first-order chi connectivity index (χ1) is 8.17. The molecule has 17 heavy (non-hydrogen) atoms. The number of hydrogen-bond acceptors (Lipinski definition) is 3. The zero-order valence-electron chi connectivity index (χ0n) is 10.4. The number of nitrogens with zero attached hydrogens (tertiary/aromatic N) is 1. The van der Waals surface area contributed by atoms with Crippen molar-refractivity contribution in [2.75, 3.05) is 23.8 Å². The molecular formula is C13H19N3O. The van der Waals surface area contributed by atoms with E-state index in [-0.39, 0.29) is 11.9 Å². The molecule has 0 spiro atoms. The Kier molecular flexibility index (Phi) is 3.33. The molecule has 1 amide bonds. The summed E-state index contributed by atoms with van der Waals surface area (Å²) in [5, 5.41) is 3.09. The lowest BCUT2D eigenvalue weighted by molar-refractivity contribution is -0.117. The Bertz CT molecular complexity index is 431. The van der Waals surface area contributed by atoms with Crippen LogP contribution >= 0.6 is 0 Å². The maximum atomic E-state index is 12.0. The monoisotopic (exact) mass is 233 g/mol. The molecule has 0 fully saturated rings. The molecule has 1 unspecified atom stereocenters. The summed E-state index contributed by atoms with van der Waals surface area (Å²) in [7, 11) is 1.88. The van der Waals surface area contributed by atoms with Crippen molar-refractivity contribution in [1.29, 1.82) is 0 Å². The third-order valence-corrected chi connectivity index (χ3v) is 3.26. The highest BCUT2D eigenvalue weighted by molar-refractivity contribution is 6.02. The fourth-order valence-corrected chi connectivity index (χ4v) is 2.35. The summed E-state index contributed by atoms with van der Waals surface area (Å²) in [4.78, 5) is 13.9. The molecule has 0 saturated carbocycles. The van der Waals surface area contributed by atoms with Gasteiger partial charge in [0.2, 0.25) is 5.91 Å². The van der Waals surface area contributed by atoms with Crippen LogP contribution in [-0.4, -0.2) is 25.5 Å². The summed E-state index contributed by atoms with van der Waals surface area (Å²) >= 11 is 0. The standard InChI is InChI=1S/C13H19N3O/c1-9(5-6-14)16-12-4-3-11(15-2)7-10(12)8-13(16)17/h3-4,7,9,15H,5-6,8,14H2,1-2H3. The molecule has 92 valence electrons. The molecule has 3 N–H and O–H groups in total. The number of hydrogen-bond donors (Lipinski definition) is 2. The first-order valence-corrected chi connectivity index (χ1v) is 6.00. The maximum Gasteiger partial charge on any atom is 0.231 e. The zero-order chi connectivity index (χ0) is 12.4. The molecule has 1 heterocycles. The van der Waals surface area contributed by atoms with E-state index < -0.39 is 0 Å². The van der Waals surface area contributed by atoms with E-state index in [4.69, 9.17) is 5.73 Å². The van der Waals surface area contributed by atoms with Crippen molar-refractivity contribution in [3.63, 3.8) is 0 Å². The molecule has 1 aliphatic rings. The van der Waals surface area contributed by atoms with Crippen LogP contribution in [0.3, 0.4) is 0 Å². The average Bonchev–Trinajstić information content (AvgIpc) is 2.64. The fraction of sp³-hybridized carbons (Fsp3) is 0.462. The van der Waals surface area contributed by atoms with Crippen molar-refractivity contribution in [1.82, 2.24) is 0 Å². The molecule has 0 bridgehead atoms. The molecule has 1 aromatic rings. The molecule has 2 rings (SSSR count). The van der Waals surface area contributed by atoms with Crippen molar-refractivity contribution in [2.45, 2.75) is 25.8 Å². The number of anilines is 2. The zero-order valence-corrected chi connectivity index (χ0v) is 10.4. The van der Waals surface area contributed by atoms with Gasteiger partial charge in [-0.1, -0.05) is 0 Å². The minimum atomic E-state index is 0.175. The molecule has 4 nitrogen and oxygen atoms in total. The lowest BCUT2D eigenvalue weighted by Gasteiger charge is -2.25. The molecule has 1 aromatic carbocycles. The normalized spacial score (nSPS) is 15.9. The topological polar surface area (TPSA) is 58.4 Å². The Morgan fingerprint density at radius 3 is 2.94 bits per heavy atom.